The highest BCUT2D eigenvalue weighted by Gasteiger charge is 2.65. The number of hydrogen-bond acceptors (Lipinski definition) is 2. The molecule has 4 saturated carbocycles. The van der Waals surface area contributed by atoms with E-state index in [-0.39, 0.29) is 5.41 Å². The first kappa shape index (κ1) is 15.7. The molecular weight excluding hydrogens is 364 g/mol. The fourth-order valence-corrected chi connectivity index (χ4v) is 8.95. The summed E-state index contributed by atoms with van der Waals surface area (Å²) in [6.45, 7) is 0. The number of benzene rings is 2. The van der Waals surface area contributed by atoms with Crippen LogP contribution in [0, 0.1) is 17.8 Å². The zero-order chi connectivity index (χ0) is 17.7. The van der Waals surface area contributed by atoms with E-state index in [0.29, 0.717) is 32.6 Å². The Bertz CT molecular complexity index is 1040. The van der Waals surface area contributed by atoms with Crippen LogP contribution >= 0.6 is 11.6 Å². The summed E-state index contributed by atoms with van der Waals surface area (Å²) >= 11 is 6.39. The van der Waals surface area contributed by atoms with E-state index in [2.05, 4.69) is 6.07 Å². The summed E-state index contributed by atoms with van der Waals surface area (Å²) in [5.74, 6) is 2.33. The summed E-state index contributed by atoms with van der Waals surface area (Å²) in [7, 11) is -3.51. The zero-order valence-corrected chi connectivity index (χ0v) is 16.1. The van der Waals surface area contributed by atoms with Gasteiger partial charge in [-0.25, -0.2) is 8.42 Å². The molecule has 1 aliphatic heterocycles. The van der Waals surface area contributed by atoms with Crippen molar-refractivity contribution in [1.29, 1.82) is 0 Å². The molecule has 2 unspecified atom stereocenters. The van der Waals surface area contributed by atoms with Crippen LogP contribution in [0.15, 0.2) is 52.3 Å². The second kappa shape index (κ2) is 4.94. The van der Waals surface area contributed by atoms with Gasteiger partial charge in [0.2, 0.25) is 9.84 Å². The second-order valence-electron chi connectivity index (χ2n) is 8.78. The van der Waals surface area contributed by atoms with E-state index >= 15 is 0 Å². The molecule has 2 nitrogen and oxygen atoms in total. The van der Waals surface area contributed by atoms with Crippen molar-refractivity contribution < 1.29 is 8.42 Å². The third-order valence-corrected chi connectivity index (χ3v) is 9.93. The third kappa shape index (κ3) is 1.72. The minimum atomic E-state index is -3.51. The van der Waals surface area contributed by atoms with Gasteiger partial charge in [-0.1, -0.05) is 36.2 Å². The van der Waals surface area contributed by atoms with Gasteiger partial charge in [0.05, 0.1) is 9.79 Å². The van der Waals surface area contributed by atoms with Gasteiger partial charge in [0.25, 0.3) is 0 Å². The molecule has 4 heteroatoms. The van der Waals surface area contributed by atoms with Gasteiger partial charge in [-0.15, -0.1) is 0 Å². The predicted molar refractivity (Wildman–Crippen MR) is 101 cm³/mol. The van der Waals surface area contributed by atoms with E-state index in [1.54, 1.807) is 12.1 Å². The number of rotatable bonds is 0. The molecule has 2 aromatic rings. The predicted octanol–water partition coefficient (Wildman–Crippen LogP) is 5.35. The molecule has 0 radical (unpaired) electrons. The largest absolute Gasteiger partial charge is 0.218 e. The highest BCUT2D eigenvalue weighted by Crippen LogP contribution is 2.72. The van der Waals surface area contributed by atoms with Gasteiger partial charge in [-0.3, -0.25) is 0 Å². The molecule has 7 rings (SSSR count). The Morgan fingerprint density at radius 1 is 1.00 bits per heavy atom. The maximum atomic E-state index is 13.6. The minimum absolute atomic E-state index is 0.0458. The van der Waals surface area contributed by atoms with Crippen LogP contribution in [0.3, 0.4) is 0 Å². The molecule has 5 atom stereocenters. The molecule has 26 heavy (non-hydrogen) atoms. The van der Waals surface area contributed by atoms with Gasteiger partial charge >= 0.3 is 0 Å². The van der Waals surface area contributed by atoms with Crippen LogP contribution in [0.4, 0.5) is 0 Å². The number of hydrogen-bond donors (Lipinski definition) is 0. The van der Waals surface area contributed by atoms with Crippen molar-refractivity contribution >= 4 is 21.4 Å². The minimum Gasteiger partial charge on any atom is -0.218 e. The van der Waals surface area contributed by atoms with Gasteiger partial charge < -0.3 is 0 Å². The Morgan fingerprint density at radius 2 is 1.85 bits per heavy atom. The first-order chi connectivity index (χ1) is 12.5. The SMILES string of the molecule is O=S1(=O)c2ccccc2C2[C@H]3C[C@@H]4CC[C@@H](C4)C2(C3)c2cc(Cl)ccc21. The molecule has 134 valence electrons. The second-order valence-corrected chi connectivity index (χ2v) is 11.1. The summed E-state index contributed by atoms with van der Waals surface area (Å²) in [4.78, 5) is 1.03. The van der Waals surface area contributed by atoms with Crippen LogP contribution in [0.25, 0.3) is 0 Å². The van der Waals surface area contributed by atoms with Crippen LogP contribution in [0.5, 0.6) is 0 Å². The zero-order valence-electron chi connectivity index (χ0n) is 14.5. The average Bonchev–Trinajstić information content (AvgIpc) is 2.90. The molecule has 5 aliphatic rings. The van der Waals surface area contributed by atoms with Crippen molar-refractivity contribution in [2.75, 3.05) is 0 Å². The molecule has 4 bridgehead atoms. The van der Waals surface area contributed by atoms with Crippen LogP contribution in [-0.4, -0.2) is 8.42 Å². The lowest BCUT2D eigenvalue weighted by Gasteiger charge is -2.58. The van der Waals surface area contributed by atoms with Crippen molar-refractivity contribution in [3.05, 3.63) is 58.6 Å². The van der Waals surface area contributed by atoms with E-state index < -0.39 is 9.84 Å². The highest BCUT2D eigenvalue weighted by atomic mass is 35.5. The van der Waals surface area contributed by atoms with E-state index in [4.69, 9.17) is 11.6 Å². The summed E-state index contributed by atoms with van der Waals surface area (Å²) in [5, 5.41) is 0.653. The van der Waals surface area contributed by atoms with Gasteiger partial charge in [0.15, 0.2) is 0 Å². The van der Waals surface area contributed by atoms with Crippen LogP contribution < -0.4 is 0 Å². The number of sulfone groups is 1. The summed E-state index contributed by atoms with van der Waals surface area (Å²) in [5.41, 5.74) is 2.02. The van der Waals surface area contributed by atoms with Gasteiger partial charge in [0, 0.05) is 10.4 Å². The molecule has 4 fully saturated rings. The molecule has 0 amide bonds. The molecule has 1 spiro atoms. The first-order valence-corrected chi connectivity index (χ1v) is 11.5. The lowest BCUT2D eigenvalue weighted by molar-refractivity contribution is 0.0385. The lowest BCUT2D eigenvalue weighted by Crippen LogP contribution is -2.53. The normalized spacial score (nSPS) is 38.2. The standard InChI is InChI=1S/C22H21ClO2S/c23-16-7-8-20-18(11-16)22-12-14(9-13-5-6-15(22)10-13)21(22)17-3-1-2-4-19(17)26(20,24)25/h1-4,7-8,11,13-15,21H,5-6,9-10,12H2/t13-,14-,15-,21?,22?/m0/s1. The Labute approximate surface area is 159 Å². The fourth-order valence-electron chi connectivity index (χ4n) is 6.99. The van der Waals surface area contributed by atoms with E-state index in [1.165, 1.54) is 25.7 Å². The quantitative estimate of drug-likeness (QED) is 0.613. The smallest absolute Gasteiger partial charge is 0.207 e. The molecule has 1 heterocycles. The highest BCUT2D eigenvalue weighted by molar-refractivity contribution is 7.91. The maximum absolute atomic E-state index is 13.6. The lowest BCUT2D eigenvalue weighted by atomic mass is 9.45. The summed E-state index contributed by atoms with van der Waals surface area (Å²) in [6, 6.07) is 13.2. The topological polar surface area (TPSA) is 34.1 Å². The van der Waals surface area contributed by atoms with Crippen LogP contribution in [-0.2, 0) is 15.3 Å². The number of fused-ring (bicyclic) bond motifs is 2. The first-order valence-electron chi connectivity index (χ1n) is 9.66. The van der Waals surface area contributed by atoms with Crippen molar-refractivity contribution in [3.8, 4) is 0 Å². The molecular formula is C22H21ClO2S. The molecule has 0 saturated heterocycles. The van der Waals surface area contributed by atoms with E-state index in [1.807, 2.05) is 24.3 Å². The molecule has 0 aromatic heterocycles. The fraction of sp³-hybridized carbons (Fsp3) is 0.455. The molecule has 2 aromatic carbocycles. The van der Waals surface area contributed by atoms with Crippen molar-refractivity contribution in [3.63, 3.8) is 0 Å². The van der Waals surface area contributed by atoms with Gasteiger partial charge in [-0.05, 0) is 84.7 Å². The third-order valence-electron chi connectivity index (χ3n) is 7.81. The molecule has 0 N–H and O–H groups in total. The van der Waals surface area contributed by atoms with Gasteiger partial charge in [-0.2, -0.15) is 0 Å². The van der Waals surface area contributed by atoms with E-state index in [9.17, 15) is 8.42 Å². The average molecular weight is 385 g/mol. The van der Waals surface area contributed by atoms with Crippen LogP contribution in [0.2, 0.25) is 5.02 Å². The van der Waals surface area contributed by atoms with Crippen molar-refractivity contribution in [2.24, 2.45) is 17.8 Å². The Morgan fingerprint density at radius 3 is 2.73 bits per heavy atom. The Hall–Kier alpha value is -1.32. The van der Waals surface area contributed by atoms with Crippen molar-refractivity contribution in [1.82, 2.24) is 0 Å². The van der Waals surface area contributed by atoms with Crippen LogP contribution in [0.1, 0.15) is 49.1 Å². The monoisotopic (exact) mass is 384 g/mol. The number of halogens is 1. The Balaban J connectivity index is 1.75. The van der Waals surface area contributed by atoms with E-state index in [0.717, 1.165) is 23.5 Å². The molecule has 4 aliphatic carbocycles. The Kier molecular flexibility index (Phi) is 2.98. The van der Waals surface area contributed by atoms with Gasteiger partial charge in [0.1, 0.15) is 0 Å². The summed E-state index contributed by atoms with van der Waals surface area (Å²) < 4.78 is 27.2. The summed E-state index contributed by atoms with van der Waals surface area (Å²) in [6.07, 6.45) is 6.16. The van der Waals surface area contributed by atoms with Crippen molar-refractivity contribution in [2.45, 2.75) is 53.2 Å². The maximum Gasteiger partial charge on any atom is 0.207 e.